The fraction of sp³-hybridized carbons (Fsp3) is 0.471. The Hall–Kier alpha value is -2.05. The van der Waals surface area contributed by atoms with Gasteiger partial charge >= 0.3 is 0 Å². The van der Waals surface area contributed by atoms with Crippen molar-refractivity contribution in [1.29, 1.82) is 0 Å². The summed E-state index contributed by atoms with van der Waals surface area (Å²) in [5, 5.41) is 9.73. The van der Waals surface area contributed by atoms with Gasteiger partial charge in [0.15, 0.2) is 5.82 Å². The quantitative estimate of drug-likeness (QED) is 0.928. The minimum absolute atomic E-state index is 0.125. The lowest BCUT2D eigenvalue weighted by Gasteiger charge is -2.37. The second kappa shape index (κ2) is 7.02. The van der Waals surface area contributed by atoms with E-state index in [1.54, 1.807) is 19.3 Å². The van der Waals surface area contributed by atoms with E-state index in [9.17, 15) is 5.11 Å². The molecule has 1 N–H and O–H groups in total. The number of aromatic nitrogens is 3. The number of morpholine rings is 1. The third-order valence-corrected chi connectivity index (χ3v) is 3.90. The van der Waals surface area contributed by atoms with Crippen molar-refractivity contribution in [3.63, 3.8) is 0 Å². The molecule has 6 nitrogen and oxygen atoms in total. The van der Waals surface area contributed by atoms with E-state index in [0.29, 0.717) is 25.5 Å². The van der Waals surface area contributed by atoms with Crippen LogP contribution in [0.2, 0.25) is 0 Å². The number of anilines is 1. The summed E-state index contributed by atoms with van der Waals surface area (Å²) < 4.78 is 5.57. The number of nitrogens with zero attached hydrogens (tertiary/aromatic N) is 4. The van der Waals surface area contributed by atoms with Gasteiger partial charge in [0, 0.05) is 36.3 Å². The van der Waals surface area contributed by atoms with E-state index in [1.165, 1.54) is 0 Å². The molecule has 0 saturated carbocycles. The Morgan fingerprint density at radius 1 is 1.43 bits per heavy atom. The molecule has 0 bridgehead atoms. The van der Waals surface area contributed by atoms with Gasteiger partial charge in [-0.1, -0.05) is 0 Å². The molecule has 6 heteroatoms. The summed E-state index contributed by atoms with van der Waals surface area (Å²) in [6, 6.07) is 5.95. The highest BCUT2D eigenvalue weighted by Crippen LogP contribution is 2.24. The van der Waals surface area contributed by atoms with Gasteiger partial charge < -0.3 is 14.7 Å². The Balaban J connectivity index is 1.93. The van der Waals surface area contributed by atoms with Gasteiger partial charge in [0.1, 0.15) is 5.82 Å². The van der Waals surface area contributed by atoms with E-state index in [-0.39, 0.29) is 12.1 Å². The molecule has 2 unspecified atom stereocenters. The summed E-state index contributed by atoms with van der Waals surface area (Å²) in [5.41, 5.74) is 1.81. The maximum Gasteiger partial charge on any atom is 0.163 e. The van der Waals surface area contributed by atoms with Gasteiger partial charge in [0.25, 0.3) is 0 Å². The van der Waals surface area contributed by atoms with Gasteiger partial charge in [-0.25, -0.2) is 9.97 Å². The highest BCUT2D eigenvalue weighted by atomic mass is 16.5. The SMILES string of the molecule is Cc1cc(N2CCOCC2CC(C)O)nc(-c2cccnc2)n1. The van der Waals surface area contributed by atoms with E-state index in [0.717, 1.165) is 23.6 Å². The van der Waals surface area contributed by atoms with Crippen molar-refractivity contribution >= 4 is 5.82 Å². The van der Waals surface area contributed by atoms with Crippen LogP contribution in [0.5, 0.6) is 0 Å². The first-order valence-electron chi connectivity index (χ1n) is 7.92. The third kappa shape index (κ3) is 3.83. The third-order valence-electron chi connectivity index (χ3n) is 3.90. The van der Waals surface area contributed by atoms with Crippen LogP contribution in [0.15, 0.2) is 30.6 Å². The molecular weight excluding hydrogens is 292 g/mol. The molecule has 0 aliphatic carbocycles. The van der Waals surface area contributed by atoms with Crippen molar-refractivity contribution in [1.82, 2.24) is 15.0 Å². The highest BCUT2D eigenvalue weighted by Gasteiger charge is 2.26. The predicted molar refractivity (Wildman–Crippen MR) is 88.3 cm³/mol. The van der Waals surface area contributed by atoms with Gasteiger partial charge in [0.05, 0.1) is 25.4 Å². The molecule has 1 saturated heterocycles. The van der Waals surface area contributed by atoms with Crippen LogP contribution in [0.1, 0.15) is 19.0 Å². The minimum Gasteiger partial charge on any atom is -0.393 e. The lowest BCUT2D eigenvalue weighted by molar-refractivity contribution is 0.0718. The molecule has 3 rings (SSSR count). The van der Waals surface area contributed by atoms with Crippen LogP contribution in [0.4, 0.5) is 5.82 Å². The summed E-state index contributed by atoms with van der Waals surface area (Å²) >= 11 is 0. The van der Waals surface area contributed by atoms with Gasteiger partial charge in [-0.05, 0) is 32.4 Å². The van der Waals surface area contributed by atoms with Crippen molar-refractivity contribution in [2.24, 2.45) is 0 Å². The maximum atomic E-state index is 9.73. The van der Waals surface area contributed by atoms with Crippen LogP contribution < -0.4 is 4.90 Å². The second-order valence-electron chi connectivity index (χ2n) is 5.94. The first-order valence-corrected chi connectivity index (χ1v) is 7.92. The number of rotatable bonds is 4. The Kier molecular flexibility index (Phi) is 4.83. The van der Waals surface area contributed by atoms with Crippen molar-refractivity contribution in [3.8, 4) is 11.4 Å². The molecule has 122 valence electrons. The molecule has 2 atom stereocenters. The Bertz CT molecular complexity index is 648. The van der Waals surface area contributed by atoms with E-state index >= 15 is 0 Å². The molecular formula is C17H22N4O2. The molecule has 1 aliphatic rings. The fourth-order valence-corrected chi connectivity index (χ4v) is 2.87. The second-order valence-corrected chi connectivity index (χ2v) is 5.94. The number of hydrogen-bond acceptors (Lipinski definition) is 6. The van der Waals surface area contributed by atoms with Crippen LogP contribution in [0.25, 0.3) is 11.4 Å². The summed E-state index contributed by atoms with van der Waals surface area (Å²) in [6.07, 6.45) is 3.79. The molecule has 0 spiro atoms. The Morgan fingerprint density at radius 2 is 2.30 bits per heavy atom. The monoisotopic (exact) mass is 314 g/mol. The van der Waals surface area contributed by atoms with Crippen LogP contribution in [0.3, 0.4) is 0 Å². The topological polar surface area (TPSA) is 71.4 Å². The zero-order valence-electron chi connectivity index (χ0n) is 13.5. The lowest BCUT2D eigenvalue weighted by Crippen LogP contribution is -2.47. The molecule has 2 aromatic heterocycles. The lowest BCUT2D eigenvalue weighted by atomic mass is 10.1. The molecule has 1 fully saturated rings. The van der Waals surface area contributed by atoms with Crippen molar-refractivity contribution < 1.29 is 9.84 Å². The van der Waals surface area contributed by atoms with Crippen molar-refractivity contribution in [2.75, 3.05) is 24.7 Å². The normalized spacial score (nSPS) is 19.6. The van der Waals surface area contributed by atoms with Gasteiger partial charge in [0.2, 0.25) is 0 Å². The first-order chi connectivity index (χ1) is 11.1. The van der Waals surface area contributed by atoms with Crippen LogP contribution in [0, 0.1) is 6.92 Å². The largest absolute Gasteiger partial charge is 0.393 e. The smallest absolute Gasteiger partial charge is 0.163 e. The first kappa shape index (κ1) is 15.8. The summed E-state index contributed by atoms with van der Waals surface area (Å²) in [4.78, 5) is 15.6. The molecule has 2 aromatic rings. The molecule has 0 amide bonds. The van der Waals surface area contributed by atoms with Crippen molar-refractivity contribution in [3.05, 3.63) is 36.3 Å². The van der Waals surface area contributed by atoms with Crippen LogP contribution in [-0.2, 0) is 4.74 Å². The number of aryl methyl sites for hydroxylation is 1. The Labute approximate surface area is 136 Å². The number of hydrogen-bond donors (Lipinski definition) is 1. The fourth-order valence-electron chi connectivity index (χ4n) is 2.87. The molecule has 0 aromatic carbocycles. The van der Waals surface area contributed by atoms with Gasteiger partial charge in [-0.15, -0.1) is 0 Å². The van der Waals surface area contributed by atoms with E-state index < -0.39 is 0 Å². The summed E-state index contributed by atoms with van der Waals surface area (Å²) in [5.74, 6) is 1.56. The van der Waals surface area contributed by atoms with Gasteiger partial charge in [-0.2, -0.15) is 0 Å². The van der Waals surface area contributed by atoms with Crippen LogP contribution >= 0.6 is 0 Å². The predicted octanol–water partition coefficient (Wildman–Crippen LogP) is 1.82. The number of aliphatic hydroxyl groups excluding tert-OH is 1. The van der Waals surface area contributed by atoms with E-state index in [4.69, 9.17) is 9.72 Å². The molecule has 0 radical (unpaired) electrons. The number of pyridine rings is 1. The van der Waals surface area contributed by atoms with Gasteiger partial charge in [-0.3, -0.25) is 4.98 Å². The molecule has 1 aliphatic heterocycles. The van der Waals surface area contributed by atoms with Crippen LogP contribution in [-0.4, -0.2) is 52.0 Å². The summed E-state index contributed by atoms with van der Waals surface area (Å²) in [7, 11) is 0. The molecule has 3 heterocycles. The van der Waals surface area contributed by atoms with Crippen molar-refractivity contribution in [2.45, 2.75) is 32.4 Å². The average Bonchev–Trinajstić information content (AvgIpc) is 2.55. The maximum absolute atomic E-state index is 9.73. The van der Waals surface area contributed by atoms with E-state index in [2.05, 4.69) is 14.9 Å². The minimum atomic E-state index is -0.370. The highest BCUT2D eigenvalue weighted by molar-refractivity contribution is 5.57. The zero-order chi connectivity index (χ0) is 16.2. The Morgan fingerprint density at radius 3 is 3.04 bits per heavy atom. The number of ether oxygens (including phenoxy) is 1. The standard InChI is InChI=1S/C17H22N4O2/c1-12-8-16(20-17(19-12)14-4-3-5-18-10-14)21-6-7-23-11-15(21)9-13(2)22/h3-5,8,10,13,15,22H,6-7,9,11H2,1-2H3. The van der Waals surface area contributed by atoms with E-state index in [1.807, 2.05) is 25.1 Å². The zero-order valence-corrected chi connectivity index (χ0v) is 13.5. The number of aliphatic hydroxyl groups is 1. The summed E-state index contributed by atoms with van der Waals surface area (Å²) in [6.45, 7) is 5.81. The average molecular weight is 314 g/mol. The molecule has 23 heavy (non-hydrogen) atoms.